The number of H-pyrrole nitrogens is 1. The summed E-state index contributed by atoms with van der Waals surface area (Å²) in [4.78, 5) is 35.0. The van der Waals surface area contributed by atoms with E-state index < -0.39 is 0 Å². The number of aromatic nitrogens is 3. The molecule has 0 radical (unpaired) electrons. The van der Waals surface area contributed by atoms with Crippen molar-refractivity contribution in [3.63, 3.8) is 0 Å². The number of fused-ring (bicyclic) bond motifs is 1. The number of aromatic amines is 1. The summed E-state index contributed by atoms with van der Waals surface area (Å²) in [7, 11) is 0. The third-order valence-electron chi connectivity index (χ3n) is 4.46. The molecule has 28 heavy (non-hydrogen) atoms. The average Bonchev–Trinajstić information content (AvgIpc) is 3.17. The van der Waals surface area contributed by atoms with Gasteiger partial charge in [0, 0.05) is 36.8 Å². The topological polar surface area (TPSA) is 108 Å². The minimum atomic E-state index is -0.250. The van der Waals surface area contributed by atoms with Crippen molar-refractivity contribution < 1.29 is 19.4 Å². The Morgan fingerprint density at radius 2 is 2.04 bits per heavy atom. The van der Waals surface area contributed by atoms with Gasteiger partial charge in [0.05, 0.1) is 18.7 Å². The van der Waals surface area contributed by atoms with Crippen molar-refractivity contribution in [3.05, 3.63) is 47.9 Å². The molecule has 4 rings (SSSR count). The molecule has 0 atom stereocenters. The van der Waals surface area contributed by atoms with Crippen LogP contribution in [0.2, 0.25) is 0 Å². The molecule has 1 aliphatic heterocycles. The number of aryl methyl sites for hydroxylation is 1. The molecule has 1 amide bonds. The summed E-state index contributed by atoms with van der Waals surface area (Å²) in [6.45, 7) is 4.30. The smallest absolute Gasteiger partial charge is 0.290 e. The molecule has 8 heteroatoms. The lowest BCUT2D eigenvalue weighted by molar-refractivity contribution is -0.122. The van der Waals surface area contributed by atoms with Crippen LogP contribution in [0.5, 0.6) is 0 Å². The normalized spacial score (nSPS) is 13.7. The first-order chi connectivity index (χ1) is 13.7. The monoisotopic (exact) mass is 382 g/mol. The fraction of sp³-hybridized carbons (Fsp3) is 0.300. The standard InChI is InChI=1S/C19H20N4O2.CH2O2/c1-2-17-21-16-11-15(12-20-18(16)22-17)13-4-3-5-14(10-13)19(24)23-6-8-25-9-7-23;2-1-3/h3-5,10-12H,2,6-9H2,1H3,(H,20,21,22);1H,(H,2,3). The minimum absolute atomic E-state index is 0.0500. The molecular weight excluding hydrogens is 360 g/mol. The zero-order chi connectivity index (χ0) is 19.9. The number of amides is 1. The van der Waals surface area contributed by atoms with E-state index in [0.29, 0.717) is 31.9 Å². The van der Waals surface area contributed by atoms with Crippen molar-refractivity contribution in [2.45, 2.75) is 13.3 Å². The molecule has 1 fully saturated rings. The van der Waals surface area contributed by atoms with E-state index in [2.05, 4.69) is 21.9 Å². The second kappa shape index (κ2) is 9.09. The number of carbonyl (C=O) groups excluding carboxylic acids is 1. The number of carbonyl (C=O) groups is 2. The Bertz CT molecular complexity index is 964. The van der Waals surface area contributed by atoms with E-state index >= 15 is 0 Å². The van der Waals surface area contributed by atoms with Gasteiger partial charge in [-0.1, -0.05) is 19.1 Å². The molecular formula is C20H22N4O4. The van der Waals surface area contributed by atoms with Crippen LogP contribution < -0.4 is 0 Å². The molecule has 2 N–H and O–H groups in total. The Balaban J connectivity index is 0.000000706. The van der Waals surface area contributed by atoms with E-state index in [0.717, 1.165) is 34.5 Å². The number of hydrogen-bond acceptors (Lipinski definition) is 5. The summed E-state index contributed by atoms with van der Waals surface area (Å²) in [6.07, 6.45) is 2.65. The Morgan fingerprint density at radius 3 is 2.75 bits per heavy atom. The Kier molecular flexibility index (Phi) is 6.33. The average molecular weight is 382 g/mol. The Morgan fingerprint density at radius 1 is 1.29 bits per heavy atom. The third kappa shape index (κ3) is 4.34. The molecule has 2 aromatic heterocycles. The first kappa shape index (κ1) is 19.5. The molecule has 0 bridgehead atoms. The molecule has 0 unspecified atom stereocenters. The first-order valence-electron chi connectivity index (χ1n) is 9.06. The maximum Gasteiger partial charge on any atom is 0.290 e. The fourth-order valence-electron chi connectivity index (χ4n) is 3.06. The number of ether oxygens (including phenoxy) is 1. The molecule has 3 aromatic rings. The summed E-state index contributed by atoms with van der Waals surface area (Å²) < 4.78 is 5.32. The van der Waals surface area contributed by atoms with Gasteiger partial charge in [-0.2, -0.15) is 0 Å². The zero-order valence-corrected chi connectivity index (χ0v) is 15.6. The summed E-state index contributed by atoms with van der Waals surface area (Å²) in [5.74, 6) is 0.977. The van der Waals surface area contributed by atoms with E-state index in [9.17, 15) is 4.79 Å². The fourth-order valence-corrected chi connectivity index (χ4v) is 3.06. The van der Waals surface area contributed by atoms with Crippen LogP contribution in [0.3, 0.4) is 0 Å². The van der Waals surface area contributed by atoms with E-state index in [4.69, 9.17) is 14.6 Å². The lowest BCUT2D eigenvalue weighted by Gasteiger charge is -2.27. The van der Waals surface area contributed by atoms with Gasteiger partial charge in [0.15, 0.2) is 5.65 Å². The number of rotatable bonds is 3. The van der Waals surface area contributed by atoms with Gasteiger partial charge in [-0.3, -0.25) is 9.59 Å². The van der Waals surface area contributed by atoms with Gasteiger partial charge in [0.25, 0.3) is 12.4 Å². The van der Waals surface area contributed by atoms with Crippen LogP contribution in [0.1, 0.15) is 23.1 Å². The second-order valence-corrected chi connectivity index (χ2v) is 6.22. The number of nitrogens with zero attached hydrogens (tertiary/aromatic N) is 3. The predicted octanol–water partition coefficient (Wildman–Crippen LogP) is 2.36. The maximum absolute atomic E-state index is 12.7. The number of nitrogens with one attached hydrogen (secondary N) is 1. The van der Waals surface area contributed by atoms with E-state index in [1.54, 1.807) is 6.20 Å². The summed E-state index contributed by atoms with van der Waals surface area (Å²) in [5, 5.41) is 6.89. The lowest BCUT2D eigenvalue weighted by atomic mass is 10.0. The third-order valence-corrected chi connectivity index (χ3v) is 4.46. The van der Waals surface area contributed by atoms with Crippen LogP contribution >= 0.6 is 0 Å². The summed E-state index contributed by atoms with van der Waals surface area (Å²) in [6, 6.07) is 9.73. The highest BCUT2D eigenvalue weighted by molar-refractivity contribution is 5.95. The molecule has 0 saturated carbocycles. The molecule has 8 nitrogen and oxygen atoms in total. The molecule has 1 aromatic carbocycles. The number of morpholine rings is 1. The lowest BCUT2D eigenvalue weighted by Crippen LogP contribution is -2.40. The molecule has 0 aliphatic carbocycles. The van der Waals surface area contributed by atoms with Crippen LogP contribution in [-0.4, -0.2) is 63.6 Å². The molecule has 146 valence electrons. The van der Waals surface area contributed by atoms with Gasteiger partial charge in [-0.25, -0.2) is 9.97 Å². The van der Waals surface area contributed by atoms with Crippen molar-refractivity contribution in [2.75, 3.05) is 26.3 Å². The number of carboxylic acid groups (broad SMARTS) is 1. The van der Waals surface area contributed by atoms with Gasteiger partial charge >= 0.3 is 0 Å². The second-order valence-electron chi connectivity index (χ2n) is 6.22. The highest BCUT2D eigenvalue weighted by Crippen LogP contribution is 2.23. The quantitative estimate of drug-likeness (QED) is 0.673. The molecule has 1 aliphatic rings. The SMILES string of the molecule is CCc1nc2ncc(-c3cccc(C(=O)N4CCOCC4)c3)cc2[nH]1.O=CO. The van der Waals surface area contributed by atoms with Crippen LogP contribution in [0.4, 0.5) is 0 Å². The maximum atomic E-state index is 12.7. The van der Waals surface area contributed by atoms with Crippen molar-refractivity contribution in [3.8, 4) is 11.1 Å². The molecule has 3 heterocycles. The van der Waals surface area contributed by atoms with E-state index in [-0.39, 0.29) is 12.4 Å². The Labute approximate surface area is 162 Å². The van der Waals surface area contributed by atoms with Crippen LogP contribution in [-0.2, 0) is 16.0 Å². The first-order valence-corrected chi connectivity index (χ1v) is 9.06. The highest BCUT2D eigenvalue weighted by Gasteiger charge is 2.18. The van der Waals surface area contributed by atoms with Crippen molar-refractivity contribution in [1.82, 2.24) is 19.9 Å². The van der Waals surface area contributed by atoms with Gasteiger partial charge in [-0.15, -0.1) is 0 Å². The summed E-state index contributed by atoms with van der Waals surface area (Å²) >= 11 is 0. The predicted molar refractivity (Wildman–Crippen MR) is 104 cm³/mol. The van der Waals surface area contributed by atoms with E-state index in [1.165, 1.54) is 0 Å². The number of pyridine rings is 1. The zero-order valence-electron chi connectivity index (χ0n) is 15.6. The van der Waals surface area contributed by atoms with Gasteiger partial charge in [0.1, 0.15) is 5.82 Å². The molecule has 0 spiro atoms. The largest absolute Gasteiger partial charge is 0.483 e. The van der Waals surface area contributed by atoms with Crippen molar-refractivity contribution in [1.29, 1.82) is 0 Å². The number of benzene rings is 1. The minimum Gasteiger partial charge on any atom is -0.483 e. The van der Waals surface area contributed by atoms with Crippen LogP contribution in [0, 0.1) is 0 Å². The Hall–Kier alpha value is -3.26. The van der Waals surface area contributed by atoms with Gasteiger partial charge in [0.2, 0.25) is 0 Å². The van der Waals surface area contributed by atoms with Gasteiger partial charge in [-0.05, 0) is 23.8 Å². The number of imidazole rings is 1. The van der Waals surface area contributed by atoms with E-state index in [1.807, 2.05) is 35.2 Å². The van der Waals surface area contributed by atoms with Crippen molar-refractivity contribution in [2.24, 2.45) is 0 Å². The van der Waals surface area contributed by atoms with Gasteiger partial charge < -0.3 is 19.7 Å². The van der Waals surface area contributed by atoms with Crippen LogP contribution in [0.15, 0.2) is 36.5 Å². The van der Waals surface area contributed by atoms with Crippen molar-refractivity contribution >= 4 is 23.5 Å². The molecule has 1 saturated heterocycles. The summed E-state index contributed by atoms with van der Waals surface area (Å²) in [5.41, 5.74) is 4.27. The highest BCUT2D eigenvalue weighted by atomic mass is 16.5. The number of hydrogen-bond donors (Lipinski definition) is 2. The van der Waals surface area contributed by atoms with Crippen LogP contribution in [0.25, 0.3) is 22.3 Å².